The van der Waals surface area contributed by atoms with Crippen LogP contribution in [0, 0.1) is 0 Å². The van der Waals surface area contributed by atoms with Gasteiger partial charge in [-0.2, -0.15) is 0 Å². The number of carbonyl (C=O) groups excluding carboxylic acids is 1. The summed E-state index contributed by atoms with van der Waals surface area (Å²) in [6.07, 6.45) is 39.6. The number of rotatable bonds is 31. The van der Waals surface area contributed by atoms with E-state index in [1.165, 1.54) is 167 Å². The summed E-state index contributed by atoms with van der Waals surface area (Å²) < 4.78 is 16.5. The fourth-order valence-electron chi connectivity index (χ4n) is 6.04. The Kier molecular flexibility index (Phi) is 26.4. The molecular weight excluding hydrogens is 508 g/mol. The molecule has 1 aliphatic rings. The molecule has 0 radical (unpaired) electrons. The second-order valence-electron chi connectivity index (χ2n) is 13.4. The van der Waals surface area contributed by atoms with E-state index in [1.807, 2.05) is 13.8 Å². The van der Waals surface area contributed by atoms with Crippen molar-refractivity contribution in [1.29, 1.82) is 0 Å². The minimum atomic E-state index is -0.554. The van der Waals surface area contributed by atoms with Crippen molar-refractivity contribution in [1.82, 2.24) is 0 Å². The largest absolute Gasteiger partial charge is 0.463 e. The normalized spacial score (nSPS) is 16.4. The van der Waals surface area contributed by atoms with E-state index in [9.17, 15) is 4.79 Å². The van der Waals surface area contributed by atoms with Crippen LogP contribution in [0.15, 0.2) is 0 Å². The zero-order valence-corrected chi connectivity index (χ0v) is 28.1. The number of carbonyl (C=O) groups is 1. The van der Waals surface area contributed by atoms with Crippen LogP contribution in [0.3, 0.4) is 0 Å². The molecule has 0 aromatic rings. The minimum Gasteiger partial charge on any atom is -0.463 e. The molecule has 0 N–H and O–H groups in total. The molecule has 1 fully saturated rings. The topological polar surface area (TPSA) is 44.8 Å². The van der Waals surface area contributed by atoms with Gasteiger partial charge in [-0.1, -0.05) is 180 Å². The van der Waals surface area contributed by atoms with Gasteiger partial charge in [-0.25, -0.2) is 0 Å². The van der Waals surface area contributed by atoms with E-state index in [0.29, 0.717) is 19.6 Å². The quantitative estimate of drug-likeness (QED) is 0.0604. The lowest BCUT2D eigenvalue weighted by Crippen LogP contribution is -2.25. The molecule has 0 aliphatic carbocycles. The van der Waals surface area contributed by atoms with Crippen molar-refractivity contribution >= 4 is 5.97 Å². The Bertz CT molecular complexity index is 561. The second kappa shape index (κ2) is 28.2. The molecule has 0 aromatic carbocycles. The van der Waals surface area contributed by atoms with Crippen molar-refractivity contribution in [3.05, 3.63) is 0 Å². The van der Waals surface area contributed by atoms with Crippen molar-refractivity contribution in [2.24, 2.45) is 0 Å². The van der Waals surface area contributed by atoms with Crippen LogP contribution in [0.25, 0.3) is 0 Å². The van der Waals surface area contributed by atoms with Gasteiger partial charge in [0.25, 0.3) is 0 Å². The van der Waals surface area contributed by atoms with Crippen LogP contribution < -0.4 is 0 Å². The molecule has 0 amide bonds. The zero-order chi connectivity index (χ0) is 29.7. The van der Waals surface area contributed by atoms with Crippen molar-refractivity contribution in [3.8, 4) is 0 Å². The molecule has 0 saturated carbocycles. The summed E-state index contributed by atoms with van der Waals surface area (Å²) in [5.74, 6) is -0.657. The second-order valence-corrected chi connectivity index (χ2v) is 13.4. The molecule has 4 nitrogen and oxygen atoms in total. The van der Waals surface area contributed by atoms with Crippen LogP contribution in [-0.2, 0) is 19.0 Å². The van der Waals surface area contributed by atoms with E-state index in [1.54, 1.807) is 0 Å². The summed E-state index contributed by atoms with van der Waals surface area (Å²) >= 11 is 0. The first-order valence-corrected chi connectivity index (χ1v) is 18.5. The Morgan fingerprint density at radius 3 is 1.17 bits per heavy atom. The third-order valence-corrected chi connectivity index (χ3v) is 8.73. The highest BCUT2D eigenvalue weighted by Gasteiger charge is 2.33. The maximum atomic E-state index is 11.9. The molecule has 41 heavy (non-hydrogen) atoms. The van der Waals surface area contributed by atoms with Crippen LogP contribution in [0.1, 0.15) is 207 Å². The third kappa shape index (κ3) is 26.7. The molecule has 1 saturated heterocycles. The fourth-order valence-corrected chi connectivity index (χ4v) is 6.04. The van der Waals surface area contributed by atoms with Gasteiger partial charge >= 0.3 is 5.97 Å². The highest BCUT2D eigenvalue weighted by Crippen LogP contribution is 2.22. The van der Waals surface area contributed by atoms with Gasteiger partial charge in [0, 0.05) is 6.42 Å². The van der Waals surface area contributed by atoms with Crippen molar-refractivity contribution in [2.75, 3.05) is 13.2 Å². The molecule has 0 aromatic heterocycles. The molecule has 0 bridgehead atoms. The number of unbranched alkanes of at least 4 members (excludes halogenated alkanes) is 27. The van der Waals surface area contributed by atoms with Gasteiger partial charge < -0.3 is 14.2 Å². The van der Waals surface area contributed by atoms with E-state index in [-0.39, 0.29) is 12.1 Å². The smallest absolute Gasteiger partial charge is 0.305 e. The molecule has 1 aliphatic heterocycles. The Morgan fingerprint density at radius 2 is 0.878 bits per heavy atom. The first kappa shape index (κ1) is 38.4. The third-order valence-electron chi connectivity index (χ3n) is 8.73. The van der Waals surface area contributed by atoms with Gasteiger partial charge in [0.2, 0.25) is 0 Å². The Hall–Kier alpha value is -0.610. The van der Waals surface area contributed by atoms with E-state index < -0.39 is 5.79 Å². The van der Waals surface area contributed by atoms with E-state index in [0.717, 1.165) is 12.8 Å². The van der Waals surface area contributed by atoms with Gasteiger partial charge in [-0.15, -0.1) is 0 Å². The number of ether oxygens (including phenoxy) is 3. The molecule has 0 unspecified atom stereocenters. The molecular formula is C37H72O4. The monoisotopic (exact) mass is 581 g/mol. The number of esters is 1. The number of hydrogen-bond donors (Lipinski definition) is 0. The average Bonchev–Trinajstić information content (AvgIpc) is 3.31. The lowest BCUT2D eigenvalue weighted by atomic mass is 10.0. The fraction of sp³-hybridized carbons (Fsp3) is 0.973. The van der Waals surface area contributed by atoms with Crippen LogP contribution in [0.4, 0.5) is 0 Å². The lowest BCUT2D eigenvalue weighted by Gasteiger charge is -2.16. The molecule has 4 heteroatoms. The summed E-state index contributed by atoms with van der Waals surface area (Å²) in [5.41, 5.74) is 0. The average molecular weight is 581 g/mol. The van der Waals surface area contributed by atoms with Crippen LogP contribution in [0.5, 0.6) is 0 Å². The molecule has 0 spiro atoms. The first-order valence-electron chi connectivity index (χ1n) is 18.5. The molecule has 244 valence electrons. The molecule has 1 atom stereocenters. The minimum absolute atomic E-state index is 0.104. The first-order chi connectivity index (χ1) is 20.0. The van der Waals surface area contributed by atoms with Crippen molar-refractivity contribution in [2.45, 2.75) is 219 Å². The highest BCUT2D eigenvalue weighted by molar-refractivity contribution is 5.69. The Morgan fingerprint density at radius 1 is 0.561 bits per heavy atom. The van der Waals surface area contributed by atoms with Gasteiger partial charge in [0.15, 0.2) is 5.79 Å². The lowest BCUT2D eigenvalue weighted by molar-refractivity contribution is -0.158. The summed E-state index contributed by atoms with van der Waals surface area (Å²) in [6, 6.07) is 0. The summed E-state index contributed by atoms with van der Waals surface area (Å²) in [4.78, 5) is 11.9. The van der Waals surface area contributed by atoms with Crippen LogP contribution >= 0.6 is 0 Å². The molecule has 1 heterocycles. The van der Waals surface area contributed by atoms with E-state index >= 15 is 0 Å². The van der Waals surface area contributed by atoms with Gasteiger partial charge in [-0.05, 0) is 20.3 Å². The zero-order valence-electron chi connectivity index (χ0n) is 28.1. The SMILES string of the molecule is CCCCCCCCCCCCCCCCCCCCCCCCCCCCCCC(=O)OC[C@@H]1COC(C)(C)O1. The van der Waals surface area contributed by atoms with Crippen LogP contribution in [0.2, 0.25) is 0 Å². The summed E-state index contributed by atoms with van der Waals surface area (Å²) in [6.45, 7) is 6.88. The Labute approximate surface area is 256 Å². The van der Waals surface area contributed by atoms with Crippen LogP contribution in [-0.4, -0.2) is 31.1 Å². The predicted molar refractivity (Wildman–Crippen MR) is 175 cm³/mol. The maximum absolute atomic E-state index is 11.9. The van der Waals surface area contributed by atoms with Gasteiger partial charge in [-0.3, -0.25) is 4.79 Å². The summed E-state index contributed by atoms with van der Waals surface area (Å²) in [5, 5.41) is 0. The number of hydrogen-bond acceptors (Lipinski definition) is 4. The van der Waals surface area contributed by atoms with E-state index in [4.69, 9.17) is 14.2 Å². The summed E-state index contributed by atoms with van der Waals surface area (Å²) in [7, 11) is 0. The Balaban J connectivity index is 1.66. The van der Waals surface area contributed by atoms with Gasteiger partial charge in [0.05, 0.1) is 6.61 Å². The molecule has 1 rings (SSSR count). The van der Waals surface area contributed by atoms with Crippen molar-refractivity contribution < 1.29 is 19.0 Å². The van der Waals surface area contributed by atoms with Gasteiger partial charge in [0.1, 0.15) is 12.7 Å². The standard InChI is InChI=1S/C37H72O4/c1-4-5-6-7-8-9-10-11-12-13-14-15-16-17-18-19-20-21-22-23-24-25-26-27-28-29-30-31-32-36(38)39-33-35-34-40-37(2,3)41-35/h35H,4-34H2,1-3H3/t35-/m1/s1. The predicted octanol–water partition coefficient (Wildman–Crippen LogP) is 12.0. The van der Waals surface area contributed by atoms with E-state index in [2.05, 4.69) is 6.92 Å². The highest BCUT2D eigenvalue weighted by atomic mass is 16.7. The maximum Gasteiger partial charge on any atom is 0.305 e. The van der Waals surface area contributed by atoms with Crippen molar-refractivity contribution in [3.63, 3.8) is 0 Å².